The van der Waals surface area contributed by atoms with Gasteiger partial charge in [-0.05, 0) is 111 Å². The lowest BCUT2D eigenvalue weighted by Crippen LogP contribution is -2.63. The smallest absolute Gasteiger partial charge is 0.159 e. The number of quaternary nitrogens is 4. The topological polar surface area (TPSA) is 115 Å². The van der Waals surface area contributed by atoms with Crippen molar-refractivity contribution in [3.05, 3.63) is 153 Å². The molecule has 0 amide bonds. The van der Waals surface area contributed by atoms with E-state index >= 15 is 0 Å². The molecule has 0 N–H and O–H groups in total. The van der Waals surface area contributed by atoms with E-state index in [2.05, 4.69) is 67.9 Å². The van der Waals surface area contributed by atoms with Crippen LogP contribution in [0.4, 0.5) is 34.1 Å². The van der Waals surface area contributed by atoms with Gasteiger partial charge in [0, 0.05) is 83.5 Å². The molecule has 83 heavy (non-hydrogen) atoms. The summed E-state index contributed by atoms with van der Waals surface area (Å²) in [5, 5.41) is 26.5. The Morgan fingerprint density at radius 3 is 1.34 bits per heavy atom. The highest BCUT2D eigenvalue weighted by molar-refractivity contribution is 7.99. The molecule has 0 aliphatic carbocycles. The molecule has 21 heteroatoms. The first-order valence-corrected chi connectivity index (χ1v) is 33.0. The van der Waals surface area contributed by atoms with Gasteiger partial charge in [-0.15, -0.1) is 0 Å². The zero-order chi connectivity index (χ0) is 58.5. The molecule has 0 spiro atoms. The van der Waals surface area contributed by atoms with Crippen LogP contribution in [0.2, 0.25) is 15.1 Å². The molecule has 0 saturated carbocycles. The number of benzene rings is 6. The number of fused-ring (bicyclic) bond motifs is 6. The molecule has 2 unspecified atom stereocenters. The van der Waals surface area contributed by atoms with Crippen LogP contribution in [0.1, 0.15) is 19.3 Å². The van der Waals surface area contributed by atoms with Crippen molar-refractivity contribution in [1.82, 2.24) is 9.80 Å². The standard InChI is InChI=1S/2C21H27ClN3O3S.C20H24ClN3S/c2*1-24(26)12-14-25(28-2,15-13-24)11-5-10-23-18-6-3-4-7-20(18)29(27)21-9-8-17(22)16-19(21)23;1-22-11-13-23(14-12-22)9-4-10-24-17-5-2-3-6-19(17)25-20-8-7-16(21)15-18(20)24/h2*3-4,6-9,16H,5,10-15H2,1-2H3;2-3,5-8,15H,4,9-14H2,1H3/q2*+1;. The van der Waals surface area contributed by atoms with Crippen molar-refractivity contribution in [2.75, 3.05) is 168 Å². The number of halogens is 3. The van der Waals surface area contributed by atoms with Gasteiger partial charge in [0.05, 0.1) is 104 Å². The molecule has 444 valence electrons. The van der Waals surface area contributed by atoms with E-state index in [-0.39, 0.29) is 9.29 Å². The molecule has 3 fully saturated rings. The Kier molecular flexibility index (Phi) is 20.0. The first-order chi connectivity index (χ1) is 39.9. The molecular formula is C62H78Cl3N9O6S3+2. The first-order valence-electron chi connectivity index (χ1n) is 28.7. The van der Waals surface area contributed by atoms with Gasteiger partial charge in [0.25, 0.3) is 0 Å². The molecule has 0 radical (unpaired) electrons. The molecule has 6 aliphatic heterocycles. The predicted molar refractivity (Wildman–Crippen MR) is 338 cm³/mol. The number of hydroxylamine groups is 12. The minimum absolute atomic E-state index is 0.194. The second-order valence-electron chi connectivity index (χ2n) is 22.9. The van der Waals surface area contributed by atoms with Gasteiger partial charge in [0.15, 0.2) is 26.2 Å². The van der Waals surface area contributed by atoms with Crippen molar-refractivity contribution in [2.24, 2.45) is 0 Å². The lowest BCUT2D eigenvalue weighted by molar-refractivity contribution is -1.13. The molecule has 6 heterocycles. The van der Waals surface area contributed by atoms with Gasteiger partial charge >= 0.3 is 0 Å². The number of hydrogen-bond donors (Lipinski definition) is 0. The minimum atomic E-state index is -1.21. The summed E-state index contributed by atoms with van der Waals surface area (Å²) in [5.74, 6) is 0. The third-order valence-electron chi connectivity index (χ3n) is 17.2. The van der Waals surface area contributed by atoms with Crippen molar-refractivity contribution in [3.63, 3.8) is 0 Å². The quantitative estimate of drug-likeness (QED) is 0.0764. The Balaban J connectivity index is 0.000000140. The van der Waals surface area contributed by atoms with Crippen LogP contribution in [0.15, 0.2) is 157 Å². The zero-order valence-corrected chi connectivity index (χ0v) is 53.0. The summed E-state index contributed by atoms with van der Waals surface area (Å²) in [6.45, 7) is 15.3. The van der Waals surface area contributed by atoms with E-state index in [9.17, 15) is 18.8 Å². The third-order valence-corrected chi connectivity index (χ3v) is 22.0. The maximum atomic E-state index is 13.0. The van der Waals surface area contributed by atoms with E-state index in [4.69, 9.17) is 44.5 Å². The fourth-order valence-corrected chi connectivity index (χ4v) is 16.3. The number of piperazine rings is 3. The summed E-state index contributed by atoms with van der Waals surface area (Å²) < 4.78 is 26.7. The van der Waals surface area contributed by atoms with Crippen molar-refractivity contribution in [2.45, 2.75) is 48.6 Å². The van der Waals surface area contributed by atoms with E-state index < -0.39 is 21.6 Å². The van der Waals surface area contributed by atoms with E-state index in [0.717, 1.165) is 132 Å². The Morgan fingerprint density at radius 1 is 0.470 bits per heavy atom. The fraction of sp³-hybridized carbons (Fsp3) is 0.419. The van der Waals surface area contributed by atoms with Gasteiger partial charge in [0.2, 0.25) is 0 Å². The van der Waals surface area contributed by atoms with Gasteiger partial charge in [-0.1, -0.05) is 83.0 Å². The van der Waals surface area contributed by atoms with Crippen LogP contribution in [0.3, 0.4) is 0 Å². The molecule has 6 aliphatic rings. The molecule has 12 rings (SSSR count). The van der Waals surface area contributed by atoms with Gasteiger partial charge < -0.3 is 44.2 Å². The number of para-hydroxylation sites is 3. The average Bonchev–Trinajstić information content (AvgIpc) is 3.57. The zero-order valence-electron chi connectivity index (χ0n) is 48.3. The van der Waals surface area contributed by atoms with Crippen molar-refractivity contribution in [3.8, 4) is 0 Å². The highest BCUT2D eigenvalue weighted by atomic mass is 35.5. The van der Waals surface area contributed by atoms with Crippen molar-refractivity contribution < 1.29 is 36.7 Å². The summed E-state index contributed by atoms with van der Waals surface area (Å²) in [4.78, 5) is 29.4. The Hall–Kier alpha value is -4.16. The van der Waals surface area contributed by atoms with Crippen molar-refractivity contribution >= 4 is 102 Å². The number of anilines is 6. The van der Waals surface area contributed by atoms with Gasteiger partial charge in [-0.2, -0.15) is 9.29 Å². The van der Waals surface area contributed by atoms with Crippen LogP contribution in [0, 0.1) is 10.4 Å². The number of rotatable bonds is 14. The SMILES string of the molecule is CN1CCN(CCCN2c3ccccc3Sc3ccc(Cl)cc32)CC1.CO[N+]1(CCCN2c3ccccc3S(=O)c3ccc(Cl)cc32)CC[N+](C)([O-])CC1.CO[N+]1(CCCN2c3ccccc3S(=O)c3ccc(Cl)cc32)CC[N+](C)([O-])CC1. The molecule has 6 aromatic rings. The maximum Gasteiger partial charge on any atom is 0.159 e. The van der Waals surface area contributed by atoms with Crippen LogP contribution in [-0.2, 0) is 31.3 Å². The summed E-state index contributed by atoms with van der Waals surface area (Å²) in [6.07, 6.45) is 2.92. The summed E-state index contributed by atoms with van der Waals surface area (Å²) >= 11 is 20.7. The monoisotopic (exact) mass is 1250 g/mol. The molecule has 15 nitrogen and oxygen atoms in total. The third kappa shape index (κ3) is 14.5. The van der Waals surface area contributed by atoms with Crippen LogP contribution < -0.4 is 14.7 Å². The first kappa shape index (κ1) is 61.9. The summed E-state index contributed by atoms with van der Waals surface area (Å²) in [6, 6.07) is 41.7. The highest BCUT2D eigenvalue weighted by Gasteiger charge is 2.40. The van der Waals surface area contributed by atoms with Crippen LogP contribution in [0.25, 0.3) is 0 Å². The highest BCUT2D eigenvalue weighted by Crippen LogP contribution is 2.49. The van der Waals surface area contributed by atoms with Gasteiger partial charge in [-0.25, -0.2) is 18.1 Å². The molecule has 3 saturated heterocycles. The number of hydrogen-bond acceptors (Lipinski definition) is 12. The molecule has 0 aromatic heterocycles. The second kappa shape index (κ2) is 26.8. The predicted octanol–water partition coefficient (Wildman–Crippen LogP) is 11.9. The molecule has 0 bridgehead atoms. The molecular weight excluding hydrogens is 1170 g/mol. The largest absolute Gasteiger partial charge is 0.633 e. The van der Waals surface area contributed by atoms with Crippen molar-refractivity contribution in [1.29, 1.82) is 0 Å². The Morgan fingerprint density at radius 2 is 0.855 bits per heavy atom. The Labute approximate surface area is 514 Å². The minimum Gasteiger partial charge on any atom is -0.633 e. The van der Waals surface area contributed by atoms with E-state index in [1.165, 1.54) is 47.3 Å². The molecule has 2 atom stereocenters. The fourth-order valence-electron chi connectivity index (χ4n) is 12.0. The average molecular weight is 1250 g/mol. The normalized spacial score (nSPS) is 25.5. The number of nitrogens with zero attached hydrogens (tertiary/aromatic N) is 9. The second-order valence-corrected chi connectivity index (χ2v) is 28.1. The van der Waals surface area contributed by atoms with Gasteiger partial charge in [0.1, 0.15) is 39.3 Å². The molecule has 6 aromatic carbocycles. The van der Waals surface area contributed by atoms with E-state index in [0.29, 0.717) is 45.5 Å². The van der Waals surface area contributed by atoms with Crippen LogP contribution in [0.5, 0.6) is 0 Å². The van der Waals surface area contributed by atoms with Gasteiger partial charge in [-0.3, -0.25) is 0 Å². The van der Waals surface area contributed by atoms with E-state index in [1.807, 2.05) is 90.6 Å². The van der Waals surface area contributed by atoms with Crippen LogP contribution in [-0.4, -0.2) is 190 Å². The summed E-state index contributed by atoms with van der Waals surface area (Å²) in [7, 11) is 6.71. The maximum absolute atomic E-state index is 13.0. The number of likely N-dealkylation sites (N-methyl/N-ethyl adjacent to an activating group) is 3. The van der Waals surface area contributed by atoms with Crippen LogP contribution >= 0.6 is 46.6 Å². The van der Waals surface area contributed by atoms with E-state index in [1.54, 1.807) is 40.4 Å². The lowest BCUT2D eigenvalue weighted by atomic mass is 10.2. The Bertz CT molecular complexity index is 3130. The lowest BCUT2D eigenvalue weighted by Gasteiger charge is -2.48. The summed E-state index contributed by atoms with van der Waals surface area (Å²) in [5.41, 5.74) is 6.29.